The third-order valence-corrected chi connectivity index (χ3v) is 4.92. The average Bonchev–Trinajstić information content (AvgIpc) is 2.72. The van der Waals surface area contributed by atoms with E-state index in [4.69, 9.17) is 5.21 Å². The van der Waals surface area contributed by atoms with E-state index in [1.165, 1.54) is 38.5 Å². The molecule has 0 aliphatic rings. The Bertz CT molecular complexity index is 392. The first-order chi connectivity index (χ1) is 13.8. The van der Waals surface area contributed by atoms with E-state index in [9.17, 15) is 9.59 Å². The number of ketones is 2. The molecule has 0 radical (unpaired) electrons. The number of hydrogen-bond acceptors (Lipinski definition) is 4. The van der Waals surface area contributed by atoms with Crippen LogP contribution < -0.4 is 0 Å². The normalized spacial score (nSPS) is 11.6. The van der Waals surface area contributed by atoms with Crippen LogP contribution in [0, 0.1) is 5.92 Å². The van der Waals surface area contributed by atoms with Crippen molar-refractivity contribution in [2.45, 2.75) is 138 Å². The van der Waals surface area contributed by atoms with Gasteiger partial charge in [0, 0.05) is 19.3 Å². The van der Waals surface area contributed by atoms with E-state index < -0.39 is 0 Å². The van der Waals surface area contributed by atoms with E-state index in [-0.39, 0.29) is 0 Å². The molecule has 1 N–H and O–H groups in total. The molecule has 0 fully saturated rings. The molecule has 4 heteroatoms. The number of nitrogens with zero attached hydrogens (tertiary/aromatic N) is 1. The summed E-state index contributed by atoms with van der Waals surface area (Å²) in [6.07, 6.45) is 14.9. The lowest BCUT2D eigenvalue weighted by molar-refractivity contribution is -0.119. The summed E-state index contributed by atoms with van der Waals surface area (Å²) in [6, 6.07) is 0. The zero-order valence-electron chi connectivity index (χ0n) is 20.7. The summed E-state index contributed by atoms with van der Waals surface area (Å²) in [5.41, 5.74) is 0.911. The molecule has 0 aromatic carbocycles. The van der Waals surface area contributed by atoms with Gasteiger partial charge in [0.05, 0.1) is 5.71 Å². The minimum absolute atomic E-state index is 0.330. The molecule has 0 aliphatic carbocycles. The van der Waals surface area contributed by atoms with E-state index in [2.05, 4.69) is 32.9 Å². The standard InChI is InChI=1S/C9H18O.C8H17NO.C8H16O/c1-3-4-5-6-7-8-9(2)10;1-4-7(3)6-8(5-2)9-10;1-3-5-6-7-8(9)4-2/h3-8H2,1-2H3;7,10H,4-6H2,1-3H3;3-7H2,1-2H3. The Morgan fingerprint density at radius 2 is 1.31 bits per heavy atom. The monoisotopic (exact) mass is 413 g/mol. The lowest BCUT2D eigenvalue weighted by Gasteiger charge is -2.06. The van der Waals surface area contributed by atoms with Crippen molar-refractivity contribution in [1.82, 2.24) is 0 Å². The van der Waals surface area contributed by atoms with Gasteiger partial charge in [-0.15, -0.1) is 0 Å². The van der Waals surface area contributed by atoms with Crippen LogP contribution in [-0.4, -0.2) is 22.5 Å². The molecule has 0 aromatic heterocycles. The molecule has 0 amide bonds. The maximum absolute atomic E-state index is 10.7. The summed E-state index contributed by atoms with van der Waals surface area (Å²) >= 11 is 0. The van der Waals surface area contributed by atoms with Crippen LogP contribution in [-0.2, 0) is 9.59 Å². The summed E-state index contributed by atoms with van der Waals surface area (Å²) in [6.45, 7) is 14.3. The second-order valence-electron chi connectivity index (χ2n) is 7.95. The molecule has 1 unspecified atom stereocenters. The van der Waals surface area contributed by atoms with E-state index >= 15 is 0 Å². The van der Waals surface area contributed by atoms with Gasteiger partial charge in [-0.1, -0.05) is 91.6 Å². The van der Waals surface area contributed by atoms with Crippen LogP contribution in [0.15, 0.2) is 5.16 Å². The summed E-state index contributed by atoms with van der Waals surface area (Å²) in [5.74, 6) is 1.38. The Morgan fingerprint density at radius 3 is 1.72 bits per heavy atom. The molecule has 29 heavy (non-hydrogen) atoms. The topological polar surface area (TPSA) is 66.7 Å². The Morgan fingerprint density at radius 1 is 0.793 bits per heavy atom. The van der Waals surface area contributed by atoms with Crippen molar-refractivity contribution < 1.29 is 14.8 Å². The van der Waals surface area contributed by atoms with Crippen LogP contribution in [0.4, 0.5) is 0 Å². The van der Waals surface area contributed by atoms with Gasteiger partial charge in [0.2, 0.25) is 0 Å². The number of carbonyl (C=O) groups is 2. The lowest BCUT2D eigenvalue weighted by atomic mass is 10.0. The lowest BCUT2D eigenvalue weighted by Crippen LogP contribution is -2.03. The highest BCUT2D eigenvalue weighted by Crippen LogP contribution is 2.09. The van der Waals surface area contributed by atoms with Crippen LogP contribution >= 0.6 is 0 Å². The molecular formula is C25H51NO3. The largest absolute Gasteiger partial charge is 0.411 e. The van der Waals surface area contributed by atoms with Crippen LogP contribution in [0.1, 0.15) is 138 Å². The van der Waals surface area contributed by atoms with Gasteiger partial charge in [0.15, 0.2) is 0 Å². The third kappa shape index (κ3) is 31.7. The summed E-state index contributed by atoms with van der Waals surface area (Å²) in [5, 5.41) is 11.7. The number of hydrogen-bond donors (Lipinski definition) is 1. The molecule has 1 atom stereocenters. The first kappa shape index (κ1) is 32.5. The molecular weight excluding hydrogens is 362 g/mol. The maximum atomic E-state index is 10.7. The highest BCUT2D eigenvalue weighted by molar-refractivity contribution is 5.83. The molecule has 0 spiro atoms. The number of Topliss-reactive ketones (excluding diaryl/α,β-unsaturated/α-hetero) is 2. The average molecular weight is 414 g/mol. The number of oxime groups is 1. The summed E-state index contributed by atoms with van der Waals surface area (Å²) in [7, 11) is 0. The summed E-state index contributed by atoms with van der Waals surface area (Å²) in [4.78, 5) is 21.2. The SMILES string of the molecule is CCC(CC(C)CC)=NO.CCCCCC(=O)CC.CCCCCCCC(C)=O. The van der Waals surface area contributed by atoms with Gasteiger partial charge in [-0.2, -0.15) is 0 Å². The van der Waals surface area contributed by atoms with E-state index in [1.54, 1.807) is 6.92 Å². The molecule has 0 aromatic rings. The predicted molar refractivity (Wildman–Crippen MR) is 127 cm³/mol. The number of carbonyl (C=O) groups excluding carboxylic acids is 2. The molecule has 0 saturated heterocycles. The second kappa shape index (κ2) is 26.8. The van der Waals surface area contributed by atoms with Crippen molar-refractivity contribution in [3.63, 3.8) is 0 Å². The van der Waals surface area contributed by atoms with Crippen molar-refractivity contribution in [3.05, 3.63) is 0 Å². The van der Waals surface area contributed by atoms with E-state index in [0.717, 1.165) is 50.7 Å². The van der Waals surface area contributed by atoms with Crippen molar-refractivity contribution in [1.29, 1.82) is 0 Å². The molecule has 0 saturated carbocycles. The van der Waals surface area contributed by atoms with Gasteiger partial charge in [-0.25, -0.2) is 0 Å². The van der Waals surface area contributed by atoms with Crippen LogP contribution in [0.3, 0.4) is 0 Å². The van der Waals surface area contributed by atoms with Gasteiger partial charge >= 0.3 is 0 Å². The molecule has 0 aliphatic heterocycles. The minimum atomic E-state index is 0.330. The first-order valence-electron chi connectivity index (χ1n) is 12.0. The third-order valence-electron chi connectivity index (χ3n) is 4.92. The van der Waals surface area contributed by atoms with Crippen molar-refractivity contribution in [3.8, 4) is 0 Å². The van der Waals surface area contributed by atoms with Crippen molar-refractivity contribution in [2.24, 2.45) is 11.1 Å². The van der Waals surface area contributed by atoms with Gasteiger partial charge in [-0.05, 0) is 38.5 Å². The maximum Gasteiger partial charge on any atom is 0.132 e. The Labute approximate surface area is 181 Å². The molecule has 0 heterocycles. The van der Waals surface area contributed by atoms with Gasteiger partial charge in [-0.3, -0.25) is 4.79 Å². The van der Waals surface area contributed by atoms with Gasteiger partial charge < -0.3 is 10.0 Å². The highest BCUT2D eigenvalue weighted by Gasteiger charge is 2.03. The quantitative estimate of drug-likeness (QED) is 0.127. The fourth-order valence-corrected chi connectivity index (χ4v) is 2.53. The minimum Gasteiger partial charge on any atom is -0.411 e. The fraction of sp³-hybridized carbons (Fsp3) is 0.880. The Hall–Kier alpha value is -1.19. The van der Waals surface area contributed by atoms with Crippen molar-refractivity contribution >= 4 is 17.3 Å². The van der Waals surface area contributed by atoms with E-state index in [1.807, 2.05) is 13.8 Å². The molecule has 174 valence electrons. The number of rotatable bonds is 15. The fourth-order valence-electron chi connectivity index (χ4n) is 2.53. The molecule has 0 bridgehead atoms. The first-order valence-corrected chi connectivity index (χ1v) is 12.0. The number of unbranched alkanes of at least 4 members (excludes halogenated alkanes) is 6. The highest BCUT2D eigenvalue weighted by atomic mass is 16.4. The predicted octanol–water partition coefficient (Wildman–Crippen LogP) is 8.14. The van der Waals surface area contributed by atoms with Gasteiger partial charge in [0.25, 0.3) is 0 Å². The Kier molecular flexibility index (Phi) is 30.0. The zero-order chi connectivity index (χ0) is 22.9. The smallest absolute Gasteiger partial charge is 0.132 e. The van der Waals surface area contributed by atoms with Crippen LogP contribution in [0.25, 0.3) is 0 Å². The zero-order valence-corrected chi connectivity index (χ0v) is 20.7. The van der Waals surface area contributed by atoms with E-state index in [0.29, 0.717) is 23.9 Å². The molecule has 4 nitrogen and oxygen atoms in total. The van der Waals surface area contributed by atoms with Crippen molar-refractivity contribution in [2.75, 3.05) is 0 Å². The Balaban J connectivity index is -0.000000350. The molecule has 0 rings (SSSR count). The second-order valence-corrected chi connectivity index (χ2v) is 7.95. The van der Waals surface area contributed by atoms with Gasteiger partial charge in [0.1, 0.15) is 11.6 Å². The summed E-state index contributed by atoms with van der Waals surface area (Å²) < 4.78 is 0. The van der Waals surface area contributed by atoms with Crippen LogP contribution in [0.2, 0.25) is 0 Å². The van der Waals surface area contributed by atoms with Crippen LogP contribution in [0.5, 0.6) is 0 Å².